The molecule has 2 saturated heterocycles. The number of nitrogens with zero attached hydrogens (tertiary/aromatic N) is 7. The van der Waals surface area contributed by atoms with Gasteiger partial charge in [0.15, 0.2) is 0 Å². The Balaban J connectivity index is 1.19. The quantitative estimate of drug-likeness (QED) is 0.518. The van der Waals surface area contributed by atoms with Crippen molar-refractivity contribution in [1.29, 1.82) is 5.26 Å². The molecule has 0 atom stereocenters. The normalized spacial score (nSPS) is 16.4. The van der Waals surface area contributed by atoms with Crippen molar-refractivity contribution in [2.45, 2.75) is 20.4 Å². The van der Waals surface area contributed by atoms with E-state index in [2.05, 4.69) is 36.8 Å². The van der Waals surface area contributed by atoms with E-state index in [-0.39, 0.29) is 11.7 Å². The average molecular weight is 514 g/mol. The molecule has 3 aromatic rings. The topological polar surface area (TPSA) is 79.6 Å². The van der Waals surface area contributed by atoms with E-state index >= 15 is 0 Å². The molecule has 5 rings (SSSR count). The van der Waals surface area contributed by atoms with Crippen molar-refractivity contribution in [3.05, 3.63) is 82.4 Å². The number of hydrogen-bond acceptors (Lipinski definition) is 7. The summed E-state index contributed by atoms with van der Waals surface area (Å²) in [5, 5.41) is 9.39. The van der Waals surface area contributed by atoms with Crippen molar-refractivity contribution >= 4 is 17.5 Å². The van der Waals surface area contributed by atoms with Crippen molar-refractivity contribution < 1.29 is 9.18 Å². The summed E-state index contributed by atoms with van der Waals surface area (Å²) in [6.07, 6.45) is 1.73. The minimum absolute atomic E-state index is 0.0521. The van der Waals surface area contributed by atoms with Crippen molar-refractivity contribution in [2.24, 2.45) is 0 Å². The molecule has 38 heavy (non-hydrogen) atoms. The smallest absolute Gasteiger partial charge is 0.254 e. The summed E-state index contributed by atoms with van der Waals surface area (Å²) in [5.74, 6) is 1.25. The van der Waals surface area contributed by atoms with E-state index in [0.29, 0.717) is 37.4 Å². The molecule has 0 N–H and O–H groups in total. The molecule has 1 aromatic carbocycles. The number of aromatic nitrogens is 2. The highest BCUT2D eigenvalue weighted by Gasteiger charge is 2.25. The minimum atomic E-state index is -0.305. The lowest BCUT2D eigenvalue weighted by Crippen LogP contribution is -2.49. The molecular formula is C29H32FN7O. The van der Waals surface area contributed by atoms with Gasteiger partial charge in [-0.25, -0.2) is 14.4 Å². The van der Waals surface area contributed by atoms with Crippen LogP contribution in [-0.2, 0) is 6.54 Å². The lowest BCUT2D eigenvalue weighted by atomic mass is 10.0. The van der Waals surface area contributed by atoms with Crippen molar-refractivity contribution in [3.63, 3.8) is 0 Å². The summed E-state index contributed by atoms with van der Waals surface area (Å²) in [4.78, 5) is 30.8. The monoisotopic (exact) mass is 513 g/mol. The fraction of sp³-hybridized carbons (Fsp3) is 0.379. The Hall–Kier alpha value is -4.03. The number of piperazine rings is 2. The molecule has 1 amide bonds. The second kappa shape index (κ2) is 11.2. The Morgan fingerprint density at radius 3 is 2.42 bits per heavy atom. The van der Waals surface area contributed by atoms with Gasteiger partial charge in [-0.3, -0.25) is 9.69 Å². The Morgan fingerprint density at radius 2 is 1.71 bits per heavy atom. The zero-order valence-electron chi connectivity index (χ0n) is 21.9. The average Bonchev–Trinajstić information content (AvgIpc) is 2.95. The molecule has 0 bridgehead atoms. The first-order chi connectivity index (χ1) is 18.4. The zero-order valence-corrected chi connectivity index (χ0v) is 21.9. The molecule has 2 aliphatic rings. The van der Waals surface area contributed by atoms with Crippen LogP contribution in [0, 0.1) is 31.0 Å². The van der Waals surface area contributed by atoms with E-state index < -0.39 is 0 Å². The van der Waals surface area contributed by atoms with Gasteiger partial charge in [-0.05, 0) is 55.3 Å². The first-order valence-electron chi connectivity index (χ1n) is 13.0. The van der Waals surface area contributed by atoms with E-state index in [9.17, 15) is 14.4 Å². The van der Waals surface area contributed by atoms with E-state index in [1.54, 1.807) is 31.3 Å². The molecule has 0 aliphatic carbocycles. The third kappa shape index (κ3) is 5.46. The zero-order chi connectivity index (χ0) is 26.6. The van der Waals surface area contributed by atoms with Gasteiger partial charge < -0.3 is 14.7 Å². The fourth-order valence-corrected chi connectivity index (χ4v) is 5.13. The van der Waals surface area contributed by atoms with E-state index in [0.717, 1.165) is 61.0 Å². The highest BCUT2D eigenvalue weighted by Crippen LogP contribution is 2.22. The summed E-state index contributed by atoms with van der Waals surface area (Å²) in [7, 11) is 0. The number of aryl methyl sites for hydroxylation is 2. The number of amides is 1. The van der Waals surface area contributed by atoms with Crippen LogP contribution in [0.1, 0.15) is 32.7 Å². The Bertz CT molecular complexity index is 1360. The minimum Gasteiger partial charge on any atom is -0.353 e. The SMILES string of the molecule is Cc1ccc(CN2CCN(c3ncccc3C#N)CC2)cc1C(=O)N1CCN(c2ccc(F)c(C)n2)CC1. The Kier molecular flexibility index (Phi) is 7.52. The van der Waals surface area contributed by atoms with Gasteiger partial charge in [0.2, 0.25) is 0 Å². The van der Waals surface area contributed by atoms with Gasteiger partial charge >= 0.3 is 0 Å². The van der Waals surface area contributed by atoms with E-state index in [1.807, 2.05) is 24.0 Å². The largest absolute Gasteiger partial charge is 0.353 e. The van der Waals surface area contributed by atoms with Crippen molar-refractivity contribution in [2.75, 3.05) is 62.2 Å². The molecular weight excluding hydrogens is 481 g/mol. The van der Waals surface area contributed by atoms with E-state index in [1.165, 1.54) is 6.07 Å². The highest BCUT2D eigenvalue weighted by molar-refractivity contribution is 5.96. The van der Waals surface area contributed by atoms with Crippen LogP contribution in [0.25, 0.3) is 0 Å². The highest BCUT2D eigenvalue weighted by atomic mass is 19.1. The van der Waals surface area contributed by atoms with Gasteiger partial charge in [0.1, 0.15) is 23.5 Å². The fourth-order valence-electron chi connectivity index (χ4n) is 5.13. The summed E-state index contributed by atoms with van der Waals surface area (Å²) in [6.45, 7) is 10.3. The molecule has 2 fully saturated rings. The molecule has 2 aliphatic heterocycles. The summed E-state index contributed by atoms with van der Waals surface area (Å²) < 4.78 is 13.6. The maximum atomic E-state index is 13.6. The number of carbonyl (C=O) groups excluding carboxylic acids is 1. The maximum absolute atomic E-state index is 13.6. The molecule has 8 nitrogen and oxygen atoms in total. The van der Waals surface area contributed by atoms with Gasteiger partial charge in [-0.2, -0.15) is 5.26 Å². The number of benzene rings is 1. The lowest BCUT2D eigenvalue weighted by Gasteiger charge is -2.36. The van der Waals surface area contributed by atoms with Crippen molar-refractivity contribution in [1.82, 2.24) is 19.8 Å². The molecule has 196 valence electrons. The Labute approximate surface area is 222 Å². The maximum Gasteiger partial charge on any atom is 0.254 e. The number of rotatable bonds is 5. The second-order valence-corrected chi connectivity index (χ2v) is 9.91. The second-order valence-electron chi connectivity index (χ2n) is 9.91. The van der Waals surface area contributed by atoms with Crippen LogP contribution in [0.5, 0.6) is 0 Å². The third-order valence-corrected chi connectivity index (χ3v) is 7.42. The van der Waals surface area contributed by atoms with E-state index in [4.69, 9.17) is 0 Å². The molecule has 9 heteroatoms. The Morgan fingerprint density at radius 1 is 0.974 bits per heavy atom. The number of halogens is 1. The summed E-state index contributed by atoms with van der Waals surface area (Å²) in [6, 6.07) is 15.2. The molecule has 0 saturated carbocycles. The van der Waals surface area contributed by atoms with Gasteiger partial charge in [0.25, 0.3) is 5.91 Å². The van der Waals surface area contributed by atoms with Gasteiger partial charge in [0.05, 0.1) is 11.3 Å². The predicted molar refractivity (Wildman–Crippen MR) is 145 cm³/mol. The van der Waals surface area contributed by atoms with Gasteiger partial charge in [-0.1, -0.05) is 12.1 Å². The third-order valence-electron chi connectivity index (χ3n) is 7.42. The predicted octanol–water partition coefficient (Wildman–Crippen LogP) is 3.39. The number of pyridine rings is 2. The van der Waals surface area contributed by atoms with Crippen LogP contribution < -0.4 is 9.80 Å². The van der Waals surface area contributed by atoms with Crippen LogP contribution in [0.15, 0.2) is 48.7 Å². The van der Waals surface area contributed by atoms with Crippen LogP contribution >= 0.6 is 0 Å². The lowest BCUT2D eigenvalue weighted by molar-refractivity contribution is 0.0745. The van der Waals surface area contributed by atoms with Gasteiger partial charge in [-0.15, -0.1) is 0 Å². The van der Waals surface area contributed by atoms with Crippen LogP contribution in [0.4, 0.5) is 16.0 Å². The molecule has 2 aromatic heterocycles. The standard InChI is InChI=1S/C29H32FN7O/c1-21-5-6-23(20-34-10-12-36(13-11-34)28-24(19-31)4-3-9-32-28)18-25(21)29(38)37-16-14-35(15-17-37)27-8-7-26(30)22(2)33-27/h3-9,18H,10-17,20H2,1-2H3. The number of carbonyl (C=O) groups is 1. The first kappa shape index (κ1) is 25.6. The number of nitriles is 1. The number of hydrogen-bond donors (Lipinski definition) is 0. The first-order valence-corrected chi connectivity index (χ1v) is 13.0. The molecule has 0 unspecified atom stereocenters. The van der Waals surface area contributed by atoms with Crippen molar-refractivity contribution in [3.8, 4) is 6.07 Å². The summed E-state index contributed by atoms with van der Waals surface area (Å²) >= 11 is 0. The number of anilines is 2. The molecule has 0 radical (unpaired) electrons. The van der Waals surface area contributed by atoms with Crippen LogP contribution in [0.3, 0.4) is 0 Å². The van der Waals surface area contributed by atoms with Gasteiger partial charge in [0, 0.05) is 70.7 Å². The molecule has 4 heterocycles. The molecule has 0 spiro atoms. The van der Waals surface area contributed by atoms with Crippen LogP contribution in [0.2, 0.25) is 0 Å². The van der Waals surface area contributed by atoms with Crippen LogP contribution in [-0.4, -0.2) is 78.0 Å². The summed E-state index contributed by atoms with van der Waals surface area (Å²) in [5.41, 5.74) is 3.83.